The molecule has 4 nitrogen and oxygen atoms in total. The topological polar surface area (TPSA) is 77.8 Å². The number of carboxylic acid groups (broad SMARTS) is 1. The van der Waals surface area contributed by atoms with Crippen LogP contribution < -0.4 is 0 Å². The number of allylic oxidation sites excluding steroid dienone is 2. The Hall–Kier alpha value is -1.31. The van der Waals surface area contributed by atoms with Crippen molar-refractivity contribution in [2.75, 3.05) is 0 Å². The Morgan fingerprint density at radius 1 is 1.21 bits per heavy atom. The first-order valence-electron chi connectivity index (χ1n) is 11.8. The second-order valence-corrected chi connectivity index (χ2v) is 9.43. The monoisotopic (exact) mass is 402 g/mol. The zero-order valence-electron chi connectivity index (χ0n) is 17.9. The second-order valence-electron chi connectivity index (χ2n) is 9.43. The standard InChI is InChI=1S/C25H38O4/c1-2-7-20-19(10-6-11-24(28)29)21-14-15-23(27)22(25(20)21)13-12-18(26)16-17-8-4-3-5-9-17/h10,17-18,20-23,25-27H,2-9,11,14-16H2,1H3,(H,28,29)/t18?,20?,21-,22+,23-,25+/m1/s1. The number of carbonyl (C=O) groups is 1. The zero-order valence-corrected chi connectivity index (χ0v) is 17.9. The van der Waals surface area contributed by atoms with Gasteiger partial charge in [0.25, 0.3) is 0 Å². The van der Waals surface area contributed by atoms with Crippen LogP contribution in [0, 0.1) is 41.4 Å². The maximum Gasteiger partial charge on any atom is 0.303 e. The number of aliphatic carboxylic acids is 1. The number of aliphatic hydroxyl groups is 2. The molecular weight excluding hydrogens is 364 g/mol. The first kappa shape index (κ1) is 22.4. The van der Waals surface area contributed by atoms with Crippen LogP contribution in [0.2, 0.25) is 0 Å². The summed E-state index contributed by atoms with van der Waals surface area (Å²) in [5.74, 6) is 7.37. The molecular formula is C25H38O4. The minimum atomic E-state index is -0.750. The van der Waals surface area contributed by atoms with E-state index < -0.39 is 18.2 Å². The summed E-state index contributed by atoms with van der Waals surface area (Å²) in [4.78, 5) is 10.9. The number of hydrogen-bond donors (Lipinski definition) is 3. The summed E-state index contributed by atoms with van der Waals surface area (Å²) in [5, 5.41) is 30.1. The van der Waals surface area contributed by atoms with Gasteiger partial charge in [0.05, 0.1) is 12.0 Å². The molecule has 3 saturated carbocycles. The van der Waals surface area contributed by atoms with Crippen molar-refractivity contribution < 1.29 is 20.1 Å². The highest BCUT2D eigenvalue weighted by Gasteiger charge is 2.52. The van der Waals surface area contributed by atoms with Crippen molar-refractivity contribution in [1.82, 2.24) is 0 Å². The number of hydrogen-bond acceptors (Lipinski definition) is 3. The van der Waals surface area contributed by atoms with Crippen molar-refractivity contribution in [2.45, 2.75) is 96.2 Å². The fourth-order valence-electron chi connectivity index (χ4n) is 6.04. The van der Waals surface area contributed by atoms with Crippen LogP contribution in [0.15, 0.2) is 11.6 Å². The third kappa shape index (κ3) is 5.64. The Bertz CT molecular complexity index is 637. The molecule has 0 aromatic rings. The summed E-state index contributed by atoms with van der Waals surface area (Å²) in [6, 6.07) is 0. The fraction of sp³-hybridized carbons (Fsp3) is 0.800. The molecule has 2 unspecified atom stereocenters. The molecule has 162 valence electrons. The zero-order chi connectivity index (χ0) is 20.8. The second kappa shape index (κ2) is 10.6. The van der Waals surface area contributed by atoms with Gasteiger partial charge in [-0.25, -0.2) is 0 Å². The van der Waals surface area contributed by atoms with Crippen molar-refractivity contribution in [3.05, 3.63) is 11.6 Å². The number of rotatable bonds is 7. The van der Waals surface area contributed by atoms with E-state index in [0.717, 1.165) is 32.1 Å². The predicted octanol–water partition coefficient (Wildman–Crippen LogP) is 4.55. The van der Waals surface area contributed by atoms with E-state index in [0.29, 0.717) is 30.1 Å². The highest BCUT2D eigenvalue weighted by atomic mass is 16.4. The molecule has 0 saturated heterocycles. The molecule has 0 heterocycles. The van der Waals surface area contributed by atoms with E-state index in [-0.39, 0.29) is 12.3 Å². The van der Waals surface area contributed by atoms with E-state index in [1.807, 2.05) is 0 Å². The Morgan fingerprint density at radius 3 is 2.66 bits per heavy atom. The van der Waals surface area contributed by atoms with Crippen molar-refractivity contribution in [3.63, 3.8) is 0 Å². The van der Waals surface area contributed by atoms with E-state index in [2.05, 4.69) is 24.8 Å². The van der Waals surface area contributed by atoms with Gasteiger partial charge in [0, 0.05) is 6.42 Å². The van der Waals surface area contributed by atoms with Gasteiger partial charge in [0.2, 0.25) is 0 Å². The van der Waals surface area contributed by atoms with Crippen molar-refractivity contribution in [2.24, 2.45) is 29.6 Å². The molecule has 0 aliphatic heterocycles. The molecule has 0 aromatic carbocycles. The lowest BCUT2D eigenvalue weighted by Crippen LogP contribution is -2.51. The van der Waals surface area contributed by atoms with Gasteiger partial charge in [-0.05, 0) is 55.8 Å². The number of fused-ring (bicyclic) bond motifs is 1. The Balaban J connectivity index is 1.66. The van der Waals surface area contributed by atoms with E-state index in [1.54, 1.807) is 0 Å². The molecule has 3 aliphatic rings. The summed E-state index contributed by atoms with van der Waals surface area (Å²) in [5.41, 5.74) is 1.40. The lowest BCUT2D eigenvalue weighted by atomic mass is 9.50. The van der Waals surface area contributed by atoms with Crippen molar-refractivity contribution in [3.8, 4) is 11.8 Å². The van der Waals surface area contributed by atoms with Crippen LogP contribution >= 0.6 is 0 Å². The molecule has 6 atom stereocenters. The molecule has 4 heteroatoms. The third-order valence-corrected chi connectivity index (χ3v) is 7.42. The Morgan fingerprint density at radius 2 is 1.97 bits per heavy atom. The maximum absolute atomic E-state index is 10.9. The lowest BCUT2D eigenvalue weighted by Gasteiger charge is -2.55. The van der Waals surface area contributed by atoms with Crippen molar-refractivity contribution >= 4 is 5.97 Å². The van der Waals surface area contributed by atoms with Gasteiger partial charge < -0.3 is 15.3 Å². The van der Waals surface area contributed by atoms with Crippen molar-refractivity contribution in [1.29, 1.82) is 0 Å². The summed E-state index contributed by atoms with van der Waals surface area (Å²) >= 11 is 0. The quantitative estimate of drug-likeness (QED) is 0.431. The molecule has 29 heavy (non-hydrogen) atoms. The smallest absolute Gasteiger partial charge is 0.303 e. The molecule has 0 spiro atoms. The normalized spacial score (nSPS) is 34.6. The molecule has 3 rings (SSSR count). The fourth-order valence-corrected chi connectivity index (χ4v) is 6.04. The largest absolute Gasteiger partial charge is 0.481 e. The van der Waals surface area contributed by atoms with E-state index in [1.165, 1.54) is 37.7 Å². The van der Waals surface area contributed by atoms with E-state index in [4.69, 9.17) is 5.11 Å². The maximum atomic E-state index is 10.9. The van der Waals surface area contributed by atoms with Crippen LogP contribution in [-0.4, -0.2) is 33.5 Å². The van der Waals surface area contributed by atoms with Crippen LogP contribution in [0.25, 0.3) is 0 Å². The first-order chi connectivity index (χ1) is 14.0. The summed E-state index contributed by atoms with van der Waals surface area (Å²) in [6.07, 6.45) is 12.8. The van der Waals surface area contributed by atoms with Gasteiger partial charge >= 0.3 is 5.97 Å². The van der Waals surface area contributed by atoms with Gasteiger partial charge in [-0.3, -0.25) is 4.79 Å². The Labute approximate surface area is 175 Å². The number of aliphatic hydroxyl groups excluding tert-OH is 2. The van der Waals surface area contributed by atoms with Crippen LogP contribution in [0.4, 0.5) is 0 Å². The highest BCUT2D eigenvalue weighted by molar-refractivity contribution is 5.66. The molecule has 0 aromatic heterocycles. The SMILES string of the molecule is CCCC1C(=CCCC(=O)O)[C@H]2CC[C@@H](O)[C@H](C#CC(O)CC3CCCCC3)[C@@H]12. The minimum absolute atomic E-state index is 0.0667. The third-order valence-electron chi connectivity index (χ3n) is 7.42. The van der Waals surface area contributed by atoms with Gasteiger partial charge in [-0.2, -0.15) is 0 Å². The van der Waals surface area contributed by atoms with Gasteiger partial charge in [0.1, 0.15) is 6.10 Å². The lowest BCUT2D eigenvalue weighted by molar-refractivity contribution is -0.136. The summed E-state index contributed by atoms with van der Waals surface area (Å²) in [7, 11) is 0. The average molecular weight is 403 g/mol. The first-order valence-corrected chi connectivity index (χ1v) is 11.8. The molecule has 3 N–H and O–H groups in total. The van der Waals surface area contributed by atoms with Gasteiger partial charge in [0.15, 0.2) is 0 Å². The number of carboxylic acids is 1. The van der Waals surface area contributed by atoms with Gasteiger partial charge in [-0.15, -0.1) is 0 Å². The van der Waals surface area contributed by atoms with Crippen LogP contribution in [0.1, 0.15) is 84.0 Å². The molecule has 0 bridgehead atoms. The predicted molar refractivity (Wildman–Crippen MR) is 114 cm³/mol. The molecule has 3 fully saturated rings. The Kier molecular flexibility index (Phi) is 8.21. The van der Waals surface area contributed by atoms with Crippen LogP contribution in [-0.2, 0) is 4.79 Å². The average Bonchev–Trinajstić information content (AvgIpc) is 2.69. The van der Waals surface area contributed by atoms with E-state index >= 15 is 0 Å². The molecule has 3 aliphatic carbocycles. The molecule has 0 radical (unpaired) electrons. The van der Waals surface area contributed by atoms with Crippen LogP contribution in [0.3, 0.4) is 0 Å². The van der Waals surface area contributed by atoms with Crippen LogP contribution in [0.5, 0.6) is 0 Å². The summed E-state index contributed by atoms with van der Waals surface area (Å²) in [6.45, 7) is 2.18. The summed E-state index contributed by atoms with van der Waals surface area (Å²) < 4.78 is 0. The highest BCUT2D eigenvalue weighted by Crippen LogP contribution is 2.57. The van der Waals surface area contributed by atoms with Gasteiger partial charge in [-0.1, -0.05) is 68.9 Å². The van der Waals surface area contributed by atoms with E-state index in [9.17, 15) is 15.0 Å². The minimum Gasteiger partial charge on any atom is -0.481 e. The molecule has 0 amide bonds.